The molecule has 1 aromatic rings. The van der Waals surface area contributed by atoms with Crippen LogP contribution < -0.4 is 10.6 Å². The second kappa shape index (κ2) is 5.93. The lowest BCUT2D eigenvalue weighted by molar-refractivity contribution is -0.0423. The summed E-state index contributed by atoms with van der Waals surface area (Å²) in [5.41, 5.74) is 6.90. The van der Waals surface area contributed by atoms with Gasteiger partial charge in [0.1, 0.15) is 17.5 Å². The Morgan fingerprint density at radius 1 is 1.40 bits per heavy atom. The number of aliphatic hydroxyl groups is 1. The second-order valence-corrected chi connectivity index (χ2v) is 5.73. The summed E-state index contributed by atoms with van der Waals surface area (Å²) in [7, 11) is 0. The van der Waals surface area contributed by atoms with Gasteiger partial charge in [-0.05, 0) is 13.8 Å². The van der Waals surface area contributed by atoms with Crippen LogP contribution in [-0.4, -0.2) is 47.0 Å². The smallest absolute Gasteiger partial charge is 0.137 e. The molecule has 2 rings (SSSR count). The van der Waals surface area contributed by atoms with Gasteiger partial charge in [0.2, 0.25) is 0 Å². The highest BCUT2D eigenvalue weighted by Gasteiger charge is 2.27. The largest absolute Gasteiger partial charge is 0.394 e. The van der Waals surface area contributed by atoms with Gasteiger partial charge in [-0.2, -0.15) is 0 Å². The van der Waals surface area contributed by atoms with Gasteiger partial charge in [-0.3, -0.25) is 0 Å². The molecule has 0 saturated carbocycles. The number of nitrogens with two attached hydrogens (primary N) is 1. The Balaban J connectivity index is 2.35. The van der Waals surface area contributed by atoms with Crippen LogP contribution in [0.4, 0.5) is 11.6 Å². The van der Waals surface area contributed by atoms with Gasteiger partial charge in [0.15, 0.2) is 0 Å². The van der Waals surface area contributed by atoms with Crippen molar-refractivity contribution in [3.05, 3.63) is 11.4 Å². The summed E-state index contributed by atoms with van der Waals surface area (Å²) in [6.45, 7) is 9.40. The molecule has 0 aromatic carbocycles. The maximum absolute atomic E-state index is 9.33. The first kappa shape index (κ1) is 15.0. The minimum absolute atomic E-state index is 0.0114. The SMILES string of the molecule is Cc1c(N)nc(C(C)C)nc1N1CC(C)OC(CO)C1. The molecule has 0 radical (unpaired) electrons. The van der Waals surface area contributed by atoms with Gasteiger partial charge in [-0.25, -0.2) is 9.97 Å². The van der Waals surface area contributed by atoms with Crippen LogP contribution in [0.25, 0.3) is 0 Å². The van der Waals surface area contributed by atoms with Crippen molar-refractivity contribution < 1.29 is 9.84 Å². The van der Waals surface area contributed by atoms with Gasteiger partial charge in [0, 0.05) is 24.6 Å². The van der Waals surface area contributed by atoms with Crippen LogP contribution in [-0.2, 0) is 4.74 Å². The topological polar surface area (TPSA) is 84.5 Å². The molecule has 6 nitrogen and oxygen atoms in total. The lowest BCUT2D eigenvalue weighted by Crippen LogP contribution is -2.48. The van der Waals surface area contributed by atoms with Crippen molar-refractivity contribution in [1.29, 1.82) is 0 Å². The lowest BCUT2D eigenvalue weighted by atomic mass is 10.1. The zero-order valence-corrected chi connectivity index (χ0v) is 12.6. The van der Waals surface area contributed by atoms with Gasteiger partial charge in [0.25, 0.3) is 0 Å². The Labute approximate surface area is 120 Å². The van der Waals surface area contributed by atoms with E-state index >= 15 is 0 Å². The van der Waals surface area contributed by atoms with Crippen LogP contribution in [0, 0.1) is 6.92 Å². The molecule has 0 spiro atoms. The van der Waals surface area contributed by atoms with Crippen molar-refractivity contribution in [2.45, 2.75) is 45.8 Å². The summed E-state index contributed by atoms with van der Waals surface area (Å²) in [5.74, 6) is 2.36. The number of morpholine rings is 1. The highest BCUT2D eigenvalue weighted by Crippen LogP contribution is 2.26. The normalized spacial score (nSPS) is 23.4. The first-order valence-electron chi connectivity index (χ1n) is 7.07. The average Bonchev–Trinajstić information content (AvgIpc) is 2.40. The van der Waals surface area contributed by atoms with E-state index in [0.29, 0.717) is 12.4 Å². The molecule has 20 heavy (non-hydrogen) atoms. The predicted molar refractivity (Wildman–Crippen MR) is 78.9 cm³/mol. The molecule has 112 valence electrons. The maximum atomic E-state index is 9.33. The Morgan fingerprint density at radius 3 is 2.70 bits per heavy atom. The van der Waals surface area contributed by atoms with Gasteiger partial charge in [-0.1, -0.05) is 13.8 Å². The third-order valence-corrected chi connectivity index (χ3v) is 3.52. The van der Waals surface area contributed by atoms with E-state index in [1.807, 2.05) is 27.7 Å². The first-order valence-corrected chi connectivity index (χ1v) is 7.07. The van der Waals surface area contributed by atoms with Gasteiger partial charge < -0.3 is 20.5 Å². The van der Waals surface area contributed by atoms with Crippen molar-refractivity contribution in [2.75, 3.05) is 30.3 Å². The molecule has 3 N–H and O–H groups in total. The molecular formula is C14H24N4O2. The molecule has 0 aliphatic carbocycles. The zero-order valence-electron chi connectivity index (χ0n) is 12.6. The summed E-state index contributed by atoms with van der Waals surface area (Å²) in [4.78, 5) is 11.1. The van der Waals surface area contributed by atoms with Gasteiger partial charge >= 0.3 is 0 Å². The molecule has 0 amide bonds. The Hall–Kier alpha value is -1.40. The Morgan fingerprint density at radius 2 is 2.10 bits per heavy atom. The molecule has 2 heterocycles. The second-order valence-electron chi connectivity index (χ2n) is 5.73. The quantitative estimate of drug-likeness (QED) is 0.862. The third-order valence-electron chi connectivity index (χ3n) is 3.52. The van der Waals surface area contributed by atoms with Gasteiger partial charge in [0.05, 0.1) is 18.8 Å². The lowest BCUT2D eigenvalue weighted by Gasteiger charge is -2.37. The minimum atomic E-state index is -0.183. The standard InChI is InChI=1S/C14H24N4O2/c1-8(2)13-16-12(15)10(4)14(17-13)18-5-9(3)20-11(6-18)7-19/h8-9,11,19H,5-7H2,1-4H3,(H2,15,16,17). The molecule has 2 unspecified atom stereocenters. The third kappa shape index (κ3) is 3.02. The molecule has 1 aliphatic rings. The van der Waals surface area contributed by atoms with E-state index in [-0.39, 0.29) is 24.7 Å². The number of aliphatic hydroxyl groups excluding tert-OH is 1. The molecular weight excluding hydrogens is 256 g/mol. The molecule has 2 atom stereocenters. The molecule has 1 aromatic heterocycles. The van der Waals surface area contributed by atoms with Crippen LogP contribution >= 0.6 is 0 Å². The van der Waals surface area contributed by atoms with E-state index in [1.54, 1.807) is 0 Å². The number of hydrogen-bond acceptors (Lipinski definition) is 6. The number of anilines is 2. The summed E-state index contributed by atoms with van der Waals surface area (Å²) in [5, 5.41) is 9.33. The average molecular weight is 280 g/mol. The maximum Gasteiger partial charge on any atom is 0.137 e. The fourth-order valence-corrected chi connectivity index (χ4v) is 2.42. The van der Waals surface area contributed by atoms with Crippen LogP contribution in [0.1, 0.15) is 38.1 Å². The number of rotatable bonds is 3. The summed E-state index contributed by atoms with van der Waals surface area (Å²) in [6.07, 6.45) is -0.129. The van der Waals surface area contributed by atoms with Crippen molar-refractivity contribution in [3.8, 4) is 0 Å². The van der Waals surface area contributed by atoms with Crippen LogP contribution in [0.5, 0.6) is 0 Å². The van der Waals surface area contributed by atoms with Crippen LogP contribution in [0.2, 0.25) is 0 Å². The van der Waals surface area contributed by atoms with Crippen molar-refractivity contribution in [3.63, 3.8) is 0 Å². The van der Waals surface area contributed by atoms with E-state index in [0.717, 1.165) is 23.8 Å². The molecule has 1 aliphatic heterocycles. The van der Waals surface area contributed by atoms with E-state index in [4.69, 9.17) is 10.5 Å². The van der Waals surface area contributed by atoms with Gasteiger partial charge in [-0.15, -0.1) is 0 Å². The molecule has 6 heteroatoms. The van der Waals surface area contributed by atoms with Crippen LogP contribution in [0.3, 0.4) is 0 Å². The Bertz CT molecular complexity index is 478. The van der Waals surface area contributed by atoms with Crippen molar-refractivity contribution >= 4 is 11.6 Å². The number of hydrogen-bond donors (Lipinski definition) is 2. The Kier molecular flexibility index (Phi) is 4.45. The fraction of sp³-hybridized carbons (Fsp3) is 0.714. The number of nitrogen functional groups attached to an aromatic ring is 1. The molecule has 0 bridgehead atoms. The number of nitrogens with zero attached hydrogens (tertiary/aromatic N) is 3. The van der Waals surface area contributed by atoms with E-state index in [2.05, 4.69) is 14.9 Å². The van der Waals surface area contributed by atoms with E-state index in [1.165, 1.54) is 0 Å². The highest BCUT2D eigenvalue weighted by molar-refractivity contribution is 5.57. The fourth-order valence-electron chi connectivity index (χ4n) is 2.42. The predicted octanol–water partition coefficient (Wildman–Crippen LogP) is 1.08. The minimum Gasteiger partial charge on any atom is -0.394 e. The summed E-state index contributed by atoms with van der Waals surface area (Å²) in [6, 6.07) is 0. The monoisotopic (exact) mass is 280 g/mol. The summed E-state index contributed by atoms with van der Waals surface area (Å²) >= 11 is 0. The van der Waals surface area contributed by atoms with E-state index in [9.17, 15) is 5.11 Å². The molecule has 1 fully saturated rings. The highest BCUT2D eigenvalue weighted by atomic mass is 16.5. The first-order chi connectivity index (χ1) is 9.42. The number of aromatic nitrogens is 2. The van der Waals surface area contributed by atoms with Crippen molar-refractivity contribution in [2.24, 2.45) is 0 Å². The molecule has 1 saturated heterocycles. The van der Waals surface area contributed by atoms with Crippen molar-refractivity contribution in [1.82, 2.24) is 9.97 Å². The summed E-state index contributed by atoms with van der Waals surface area (Å²) < 4.78 is 5.67. The van der Waals surface area contributed by atoms with E-state index < -0.39 is 0 Å². The zero-order chi connectivity index (χ0) is 14.9. The van der Waals surface area contributed by atoms with Crippen LogP contribution in [0.15, 0.2) is 0 Å². The number of ether oxygens (including phenoxy) is 1.